The van der Waals surface area contributed by atoms with Gasteiger partial charge in [-0.1, -0.05) is 72.8 Å². The number of thiophene rings is 1. The van der Waals surface area contributed by atoms with E-state index in [1.54, 1.807) is 28.0 Å². The highest BCUT2D eigenvalue weighted by Crippen LogP contribution is 2.36. The molecule has 2 aromatic heterocycles. The van der Waals surface area contributed by atoms with Gasteiger partial charge in [0.25, 0.3) is 5.56 Å². The van der Waals surface area contributed by atoms with Gasteiger partial charge < -0.3 is 9.47 Å². The molecule has 3 aromatic carbocycles. The van der Waals surface area contributed by atoms with Gasteiger partial charge in [-0.05, 0) is 29.3 Å². The third kappa shape index (κ3) is 4.18. The van der Waals surface area contributed by atoms with E-state index in [1.807, 2.05) is 68.7 Å². The molecule has 34 heavy (non-hydrogen) atoms. The summed E-state index contributed by atoms with van der Waals surface area (Å²) in [5.41, 5.74) is 4.85. The number of aromatic nitrogens is 1. The summed E-state index contributed by atoms with van der Waals surface area (Å²) >= 11 is 1.55. The lowest BCUT2D eigenvalue weighted by Gasteiger charge is -2.12. The van der Waals surface area contributed by atoms with Crippen molar-refractivity contribution in [1.29, 1.82) is 0 Å². The molecule has 5 aromatic rings. The fourth-order valence-electron chi connectivity index (χ4n) is 4.07. The van der Waals surface area contributed by atoms with Crippen LogP contribution < -0.4 is 10.5 Å². The molecule has 168 valence electrons. The third-order valence-electron chi connectivity index (χ3n) is 5.91. The summed E-state index contributed by atoms with van der Waals surface area (Å²) in [5, 5.41) is 0. The van der Waals surface area contributed by atoms with Gasteiger partial charge in [-0.2, -0.15) is 0 Å². The first-order valence-corrected chi connectivity index (χ1v) is 11.9. The highest BCUT2D eigenvalue weighted by molar-refractivity contribution is 7.22. The van der Waals surface area contributed by atoms with Gasteiger partial charge in [0, 0.05) is 41.9 Å². The van der Waals surface area contributed by atoms with Gasteiger partial charge in [0.2, 0.25) is 0 Å². The van der Waals surface area contributed by atoms with E-state index in [2.05, 4.69) is 29.2 Å². The number of pyridine rings is 1. The van der Waals surface area contributed by atoms with Crippen LogP contribution in [-0.4, -0.2) is 24.4 Å². The summed E-state index contributed by atoms with van der Waals surface area (Å²) in [6.07, 6.45) is 0. The first kappa shape index (κ1) is 21.9. The lowest BCUT2D eigenvalue weighted by atomic mass is 10.0. The largest absolute Gasteiger partial charge is 0.378 e. The molecular weight excluding hydrogens is 440 g/mol. The monoisotopic (exact) mass is 464 g/mol. The Kier molecular flexibility index (Phi) is 5.86. The molecular formula is C29H24N2O2S. The van der Waals surface area contributed by atoms with Crippen molar-refractivity contribution in [1.82, 2.24) is 4.57 Å². The Labute approximate surface area is 202 Å². The summed E-state index contributed by atoms with van der Waals surface area (Å²) in [4.78, 5) is 29.8. The highest BCUT2D eigenvalue weighted by Gasteiger charge is 2.20. The molecule has 0 fully saturated rings. The van der Waals surface area contributed by atoms with Gasteiger partial charge in [-0.15, -0.1) is 11.3 Å². The van der Waals surface area contributed by atoms with Crippen LogP contribution in [0.25, 0.3) is 20.7 Å². The molecule has 0 saturated heterocycles. The summed E-state index contributed by atoms with van der Waals surface area (Å²) < 4.78 is 2.59. The van der Waals surface area contributed by atoms with Crippen molar-refractivity contribution in [2.75, 3.05) is 19.0 Å². The topological polar surface area (TPSA) is 42.3 Å². The lowest BCUT2D eigenvalue weighted by molar-refractivity contribution is 0.104. The maximum atomic E-state index is 13.4. The van der Waals surface area contributed by atoms with Crippen LogP contribution in [0.15, 0.2) is 102 Å². The minimum Gasteiger partial charge on any atom is -0.378 e. The number of benzene rings is 3. The maximum absolute atomic E-state index is 13.4. The molecule has 4 nitrogen and oxygen atoms in total. The summed E-state index contributed by atoms with van der Waals surface area (Å²) in [6.45, 7) is 0.450. The maximum Gasteiger partial charge on any atom is 0.252 e. The smallest absolute Gasteiger partial charge is 0.252 e. The van der Waals surface area contributed by atoms with E-state index in [1.165, 1.54) is 6.07 Å². The van der Waals surface area contributed by atoms with Crippen LogP contribution in [-0.2, 0) is 6.54 Å². The first-order valence-electron chi connectivity index (χ1n) is 11.1. The van der Waals surface area contributed by atoms with Crippen molar-refractivity contribution < 1.29 is 4.79 Å². The van der Waals surface area contributed by atoms with Crippen LogP contribution in [0, 0.1) is 0 Å². The summed E-state index contributed by atoms with van der Waals surface area (Å²) in [7, 11) is 4.02. The molecule has 0 bridgehead atoms. The zero-order valence-corrected chi connectivity index (χ0v) is 19.9. The molecule has 0 atom stereocenters. The van der Waals surface area contributed by atoms with Crippen LogP contribution in [0.4, 0.5) is 5.69 Å². The highest BCUT2D eigenvalue weighted by atomic mass is 32.1. The molecule has 0 radical (unpaired) electrons. The molecule has 5 heteroatoms. The van der Waals surface area contributed by atoms with E-state index in [0.717, 1.165) is 31.9 Å². The van der Waals surface area contributed by atoms with Crippen LogP contribution in [0.2, 0.25) is 0 Å². The Morgan fingerprint density at radius 2 is 1.50 bits per heavy atom. The van der Waals surface area contributed by atoms with Gasteiger partial charge in [-0.25, -0.2) is 0 Å². The normalized spacial score (nSPS) is 11.0. The predicted molar refractivity (Wildman–Crippen MR) is 141 cm³/mol. The Balaban J connectivity index is 1.69. The van der Waals surface area contributed by atoms with Crippen molar-refractivity contribution in [3.63, 3.8) is 0 Å². The van der Waals surface area contributed by atoms with E-state index in [0.29, 0.717) is 17.7 Å². The number of ketones is 1. The predicted octanol–water partition coefficient (Wildman–Crippen LogP) is 6.08. The van der Waals surface area contributed by atoms with E-state index in [9.17, 15) is 9.59 Å². The van der Waals surface area contributed by atoms with Crippen LogP contribution in [0.1, 0.15) is 21.5 Å². The van der Waals surface area contributed by atoms with Crippen LogP contribution in [0.3, 0.4) is 0 Å². The molecule has 0 spiro atoms. The molecule has 0 amide bonds. The minimum atomic E-state index is -0.178. The van der Waals surface area contributed by atoms with Gasteiger partial charge in [0.05, 0.1) is 16.8 Å². The van der Waals surface area contributed by atoms with Crippen LogP contribution >= 0.6 is 11.3 Å². The number of carbonyl (C=O) groups excluding carboxylic acids is 1. The van der Waals surface area contributed by atoms with E-state index < -0.39 is 0 Å². The molecule has 2 heterocycles. The average Bonchev–Trinajstić information content (AvgIpc) is 3.32. The molecule has 0 unspecified atom stereocenters. The number of hydrogen-bond donors (Lipinski definition) is 0. The van der Waals surface area contributed by atoms with Gasteiger partial charge in [-0.3, -0.25) is 9.59 Å². The molecule has 5 rings (SSSR count). The van der Waals surface area contributed by atoms with E-state index in [4.69, 9.17) is 0 Å². The first-order chi connectivity index (χ1) is 16.5. The summed E-state index contributed by atoms with van der Waals surface area (Å²) in [6, 6.07) is 30.9. The number of anilines is 1. The van der Waals surface area contributed by atoms with Gasteiger partial charge in [0.15, 0.2) is 5.78 Å². The molecule has 0 aliphatic carbocycles. The number of carbonyl (C=O) groups is 1. The van der Waals surface area contributed by atoms with Crippen molar-refractivity contribution in [2.24, 2.45) is 0 Å². The van der Waals surface area contributed by atoms with Crippen molar-refractivity contribution in [3.05, 3.63) is 124 Å². The van der Waals surface area contributed by atoms with Gasteiger partial charge in [0.1, 0.15) is 0 Å². The number of hydrogen-bond acceptors (Lipinski definition) is 4. The van der Waals surface area contributed by atoms with Crippen molar-refractivity contribution in [2.45, 2.75) is 6.54 Å². The standard InChI is InChI=1S/C29H24N2O2S/c1-30(2)23-15-13-21(14-16-23)26-18-25-29(34-26)24(28(33)22-11-7-4-8-12-22)17-27(32)31(25)19-20-9-5-3-6-10-20/h3-18H,19H2,1-2H3. The van der Waals surface area contributed by atoms with Gasteiger partial charge >= 0.3 is 0 Å². The molecule has 0 aliphatic heterocycles. The van der Waals surface area contributed by atoms with Crippen molar-refractivity contribution in [3.8, 4) is 10.4 Å². The van der Waals surface area contributed by atoms with Crippen molar-refractivity contribution >= 4 is 33.0 Å². The molecule has 0 N–H and O–H groups in total. The number of nitrogens with zero attached hydrogens (tertiary/aromatic N) is 2. The summed E-state index contributed by atoms with van der Waals surface area (Å²) in [5.74, 6) is -0.133. The lowest BCUT2D eigenvalue weighted by Crippen LogP contribution is -2.22. The second-order valence-corrected chi connectivity index (χ2v) is 9.48. The third-order valence-corrected chi connectivity index (χ3v) is 7.12. The zero-order valence-electron chi connectivity index (χ0n) is 19.1. The molecule has 0 aliphatic rings. The molecule has 0 saturated carbocycles. The second-order valence-electron chi connectivity index (χ2n) is 8.43. The Morgan fingerprint density at radius 3 is 2.15 bits per heavy atom. The van der Waals surface area contributed by atoms with Crippen LogP contribution in [0.5, 0.6) is 0 Å². The minimum absolute atomic E-state index is 0.133. The van der Waals surface area contributed by atoms with E-state index in [-0.39, 0.29) is 11.3 Å². The number of fused-ring (bicyclic) bond motifs is 1. The Bertz CT molecular complexity index is 1520. The Morgan fingerprint density at radius 1 is 0.853 bits per heavy atom. The second kappa shape index (κ2) is 9.12. The average molecular weight is 465 g/mol. The fourth-order valence-corrected chi connectivity index (χ4v) is 5.25. The SMILES string of the molecule is CN(C)c1ccc(-c2cc3c(s2)c(C(=O)c2ccccc2)cc(=O)n3Cc2ccccc2)cc1. The zero-order chi connectivity index (χ0) is 23.7. The number of rotatable bonds is 6. The Hall–Kier alpha value is -3.96. The van der Waals surface area contributed by atoms with E-state index >= 15 is 0 Å². The quantitative estimate of drug-likeness (QED) is 0.286. The fraction of sp³-hybridized carbons (Fsp3) is 0.103.